The molecule has 2 rings (SSSR count). The number of nitrogens with two attached hydrogens (primary N) is 1. The van der Waals surface area contributed by atoms with Crippen molar-refractivity contribution in [1.29, 1.82) is 0 Å². The first kappa shape index (κ1) is 13.6. The van der Waals surface area contributed by atoms with Crippen LogP contribution in [0.3, 0.4) is 0 Å². The Morgan fingerprint density at radius 1 is 1.11 bits per heavy atom. The van der Waals surface area contributed by atoms with Crippen molar-refractivity contribution in [2.75, 3.05) is 5.73 Å². The second kappa shape index (κ2) is 5.43. The molecular weight excluding hydrogens is 237 g/mol. The van der Waals surface area contributed by atoms with Gasteiger partial charge in [0.25, 0.3) is 0 Å². The summed E-state index contributed by atoms with van der Waals surface area (Å²) in [6.45, 7) is 6.19. The highest BCUT2D eigenvalue weighted by molar-refractivity contribution is 5.69. The van der Waals surface area contributed by atoms with Gasteiger partial charge in [-0.1, -0.05) is 38.1 Å². The number of nitrogen functional groups attached to an aromatic ring is 1. The van der Waals surface area contributed by atoms with Gasteiger partial charge in [-0.3, -0.25) is 0 Å². The molecule has 0 spiro atoms. The zero-order valence-corrected chi connectivity index (χ0v) is 11.7. The van der Waals surface area contributed by atoms with Crippen LogP contribution < -0.4 is 5.73 Å². The van der Waals surface area contributed by atoms with Gasteiger partial charge in [-0.2, -0.15) is 0 Å². The molecule has 0 bridgehead atoms. The smallest absolute Gasteiger partial charge is 0.131 e. The van der Waals surface area contributed by atoms with Gasteiger partial charge in [0, 0.05) is 11.3 Å². The Bertz CT molecular complexity index is 571. The SMILES string of the molecule is Cc1cc(F)c(-c2ccc(CC(C)C)cc2)cc1N. The maximum absolute atomic E-state index is 14.0. The normalized spacial score (nSPS) is 11.0. The largest absolute Gasteiger partial charge is 0.398 e. The minimum absolute atomic E-state index is 0.219. The minimum Gasteiger partial charge on any atom is -0.398 e. The summed E-state index contributed by atoms with van der Waals surface area (Å²) >= 11 is 0. The minimum atomic E-state index is -0.219. The van der Waals surface area contributed by atoms with E-state index in [1.54, 1.807) is 6.07 Å². The van der Waals surface area contributed by atoms with E-state index in [0.717, 1.165) is 17.5 Å². The monoisotopic (exact) mass is 257 g/mol. The molecule has 0 amide bonds. The Balaban J connectivity index is 2.34. The molecule has 0 aliphatic carbocycles. The van der Waals surface area contributed by atoms with Crippen LogP contribution in [0.1, 0.15) is 25.0 Å². The van der Waals surface area contributed by atoms with Gasteiger partial charge in [0.05, 0.1) is 0 Å². The average Bonchev–Trinajstić information content (AvgIpc) is 2.34. The highest BCUT2D eigenvalue weighted by Crippen LogP contribution is 2.27. The lowest BCUT2D eigenvalue weighted by Crippen LogP contribution is -1.95. The number of hydrogen-bond donors (Lipinski definition) is 1. The zero-order chi connectivity index (χ0) is 14.0. The van der Waals surface area contributed by atoms with E-state index in [9.17, 15) is 4.39 Å². The third-order valence-electron chi connectivity index (χ3n) is 3.26. The molecule has 0 unspecified atom stereocenters. The van der Waals surface area contributed by atoms with E-state index in [1.165, 1.54) is 11.6 Å². The van der Waals surface area contributed by atoms with Gasteiger partial charge in [0.1, 0.15) is 5.82 Å². The van der Waals surface area contributed by atoms with Gasteiger partial charge in [-0.15, -0.1) is 0 Å². The van der Waals surface area contributed by atoms with Crippen LogP contribution >= 0.6 is 0 Å². The summed E-state index contributed by atoms with van der Waals surface area (Å²) in [5.41, 5.74) is 9.98. The summed E-state index contributed by atoms with van der Waals surface area (Å²) in [7, 11) is 0. The summed E-state index contributed by atoms with van der Waals surface area (Å²) in [4.78, 5) is 0. The standard InChI is InChI=1S/C17H20FN/c1-11(2)8-13-4-6-14(7-5-13)15-10-17(19)12(3)9-16(15)18/h4-7,9-11H,8,19H2,1-3H3. The van der Waals surface area contributed by atoms with Crippen LogP contribution in [0.2, 0.25) is 0 Å². The fourth-order valence-corrected chi connectivity index (χ4v) is 2.20. The third-order valence-corrected chi connectivity index (χ3v) is 3.26. The van der Waals surface area contributed by atoms with Crippen LogP contribution in [0.15, 0.2) is 36.4 Å². The fourth-order valence-electron chi connectivity index (χ4n) is 2.20. The quantitative estimate of drug-likeness (QED) is 0.800. The molecule has 2 aromatic rings. The maximum Gasteiger partial charge on any atom is 0.131 e. The maximum atomic E-state index is 14.0. The molecule has 19 heavy (non-hydrogen) atoms. The predicted molar refractivity (Wildman–Crippen MR) is 79.5 cm³/mol. The van der Waals surface area contributed by atoms with Crippen molar-refractivity contribution in [3.63, 3.8) is 0 Å². The molecule has 0 fully saturated rings. The van der Waals surface area contributed by atoms with Crippen molar-refractivity contribution < 1.29 is 4.39 Å². The summed E-state index contributed by atoms with van der Waals surface area (Å²) in [5, 5.41) is 0. The fraction of sp³-hybridized carbons (Fsp3) is 0.294. The highest BCUT2D eigenvalue weighted by atomic mass is 19.1. The second-order valence-corrected chi connectivity index (χ2v) is 5.48. The molecule has 2 heteroatoms. The van der Waals surface area contributed by atoms with E-state index in [0.29, 0.717) is 17.2 Å². The highest BCUT2D eigenvalue weighted by Gasteiger charge is 2.08. The van der Waals surface area contributed by atoms with Crippen molar-refractivity contribution in [3.8, 4) is 11.1 Å². The summed E-state index contributed by atoms with van der Waals surface area (Å²) in [6, 6.07) is 11.3. The Morgan fingerprint density at radius 2 is 1.74 bits per heavy atom. The van der Waals surface area contributed by atoms with E-state index in [2.05, 4.69) is 26.0 Å². The number of halogens is 1. The number of hydrogen-bond acceptors (Lipinski definition) is 1. The summed E-state index contributed by atoms with van der Waals surface area (Å²) < 4.78 is 14.0. The lowest BCUT2D eigenvalue weighted by molar-refractivity contribution is 0.630. The number of benzene rings is 2. The van der Waals surface area contributed by atoms with Crippen LogP contribution in [0.25, 0.3) is 11.1 Å². The van der Waals surface area contributed by atoms with Crippen molar-refractivity contribution in [3.05, 3.63) is 53.3 Å². The molecule has 0 saturated heterocycles. The van der Waals surface area contributed by atoms with E-state index >= 15 is 0 Å². The van der Waals surface area contributed by atoms with E-state index < -0.39 is 0 Å². The molecule has 100 valence electrons. The molecule has 0 radical (unpaired) electrons. The lowest BCUT2D eigenvalue weighted by atomic mass is 9.98. The first-order chi connectivity index (χ1) is 8.97. The lowest BCUT2D eigenvalue weighted by Gasteiger charge is -2.09. The van der Waals surface area contributed by atoms with E-state index in [4.69, 9.17) is 5.73 Å². The van der Waals surface area contributed by atoms with Gasteiger partial charge in [-0.25, -0.2) is 4.39 Å². The molecule has 2 aromatic carbocycles. The van der Waals surface area contributed by atoms with Gasteiger partial charge in [0.2, 0.25) is 0 Å². The summed E-state index contributed by atoms with van der Waals surface area (Å²) in [5.74, 6) is 0.404. The van der Waals surface area contributed by atoms with Crippen LogP contribution in [0.5, 0.6) is 0 Å². The Hall–Kier alpha value is -1.83. The molecule has 0 heterocycles. The Morgan fingerprint density at radius 3 is 2.32 bits per heavy atom. The molecule has 0 aromatic heterocycles. The predicted octanol–water partition coefficient (Wildman–Crippen LogP) is 4.58. The number of aryl methyl sites for hydroxylation is 1. The van der Waals surface area contributed by atoms with E-state index in [1.807, 2.05) is 19.1 Å². The van der Waals surface area contributed by atoms with Crippen molar-refractivity contribution in [1.82, 2.24) is 0 Å². The number of rotatable bonds is 3. The van der Waals surface area contributed by atoms with Crippen LogP contribution in [0.4, 0.5) is 10.1 Å². The molecule has 0 aliphatic rings. The van der Waals surface area contributed by atoms with Gasteiger partial charge >= 0.3 is 0 Å². The Kier molecular flexibility index (Phi) is 3.89. The second-order valence-electron chi connectivity index (χ2n) is 5.48. The van der Waals surface area contributed by atoms with E-state index in [-0.39, 0.29) is 5.82 Å². The van der Waals surface area contributed by atoms with Gasteiger partial charge in [0.15, 0.2) is 0 Å². The molecule has 1 nitrogen and oxygen atoms in total. The van der Waals surface area contributed by atoms with Crippen LogP contribution in [0, 0.1) is 18.7 Å². The van der Waals surface area contributed by atoms with Gasteiger partial charge in [-0.05, 0) is 48.1 Å². The van der Waals surface area contributed by atoms with Gasteiger partial charge < -0.3 is 5.73 Å². The van der Waals surface area contributed by atoms with Crippen molar-refractivity contribution >= 4 is 5.69 Å². The molecule has 0 saturated carbocycles. The van der Waals surface area contributed by atoms with Crippen LogP contribution in [-0.4, -0.2) is 0 Å². The molecular formula is C17H20FN. The first-order valence-corrected chi connectivity index (χ1v) is 6.62. The Labute approximate surface area is 114 Å². The van der Waals surface area contributed by atoms with Crippen molar-refractivity contribution in [2.45, 2.75) is 27.2 Å². The molecule has 0 atom stereocenters. The van der Waals surface area contributed by atoms with Crippen LogP contribution in [-0.2, 0) is 6.42 Å². The summed E-state index contributed by atoms with van der Waals surface area (Å²) in [6.07, 6.45) is 1.04. The first-order valence-electron chi connectivity index (χ1n) is 6.62. The average molecular weight is 257 g/mol. The zero-order valence-electron chi connectivity index (χ0n) is 11.7. The number of anilines is 1. The van der Waals surface area contributed by atoms with Crippen molar-refractivity contribution in [2.24, 2.45) is 5.92 Å². The third kappa shape index (κ3) is 3.14. The molecule has 2 N–H and O–H groups in total. The topological polar surface area (TPSA) is 26.0 Å². The molecule has 0 aliphatic heterocycles.